The average molecular weight is 220 g/mol. The lowest BCUT2D eigenvalue weighted by molar-refractivity contribution is -0.109. The van der Waals surface area contributed by atoms with Crippen molar-refractivity contribution in [3.8, 4) is 11.5 Å². The van der Waals surface area contributed by atoms with Crippen molar-refractivity contribution in [1.29, 1.82) is 0 Å². The Hall–Kier alpha value is -1.51. The SMILES string of the molecule is COc1cc(C2(C=O)CC2)cc(C)c1OC. The zero-order valence-corrected chi connectivity index (χ0v) is 9.87. The molecule has 0 unspecified atom stereocenters. The lowest BCUT2D eigenvalue weighted by Gasteiger charge is -2.15. The topological polar surface area (TPSA) is 35.5 Å². The van der Waals surface area contributed by atoms with Crippen molar-refractivity contribution >= 4 is 6.29 Å². The van der Waals surface area contributed by atoms with Crippen LogP contribution in [0.3, 0.4) is 0 Å². The minimum atomic E-state index is -0.260. The third-order valence-electron chi connectivity index (χ3n) is 3.25. The van der Waals surface area contributed by atoms with Gasteiger partial charge in [0.05, 0.1) is 19.6 Å². The summed E-state index contributed by atoms with van der Waals surface area (Å²) >= 11 is 0. The highest BCUT2D eigenvalue weighted by atomic mass is 16.5. The van der Waals surface area contributed by atoms with Crippen LogP contribution in [0.25, 0.3) is 0 Å². The summed E-state index contributed by atoms with van der Waals surface area (Å²) in [6.45, 7) is 1.96. The summed E-state index contributed by atoms with van der Waals surface area (Å²) in [5.74, 6) is 1.44. The fourth-order valence-electron chi connectivity index (χ4n) is 2.05. The van der Waals surface area contributed by atoms with E-state index in [1.807, 2.05) is 19.1 Å². The highest BCUT2D eigenvalue weighted by molar-refractivity contribution is 5.74. The van der Waals surface area contributed by atoms with Crippen LogP contribution >= 0.6 is 0 Å². The number of benzene rings is 1. The quantitative estimate of drug-likeness (QED) is 0.730. The number of hydrogen-bond donors (Lipinski definition) is 0. The van der Waals surface area contributed by atoms with Gasteiger partial charge in [-0.2, -0.15) is 0 Å². The Morgan fingerprint density at radius 1 is 1.25 bits per heavy atom. The van der Waals surface area contributed by atoms with Crippen molar-refractivity contribution in [3.05, 3.63) is 23.3 Å². The van der Waals surface area contributed by atoms with E-state index in [1.54, 1.807) is 14.2 Å². The molecule has 0 radical (unpaired) electrons. The lowest BCUT2D eigenvalue weighted by atomic mass is 9.95. The van der Waals surface area contributed by atoms with Gasteiger partial charge in [-0.1, -0.05) is 6.07 Å². The maximum atomic E-state index is 11.1. The number of methoxy groups -OCH3 is 2. The molecule has 3 heteroatoms. The molecule has 0 saturated heterocycles. The molecule has 0 heterocycles. The molecule has 1 fully saturated rings. The standard InChI is InChI=1S/C13H16O3/c1-9-6-10(13(8-14)4-5-13)7-11(15-2)12(9)16-3/h6-8H,4-5H2,1-3H3. The number of ether oxygens (including phenoxy) is 2. The molecule has 0 N–H and O–H groups in total. The number of hydrogen-bond acceptors (Lipinski definition) is 3. The van der Waals surface area contributed by atoms with Crippen LogP contribution in [0.2, 0.25) is 0 Å². The van der Waals surface area contributed by atoms with E-state index >= 15 is 0 Å². The van der Waals surface area contributed by atoms with Crippen LogP contribution in [0, 0.1) is 6.92 Å². The number of aldehydes is 1. The first-order valence-corrected chi connectivity index (χ1v) is 5.36. The van der Waals surface area contributed by atoms with Crippen molar-refractivity contribution < 1.29 is 14.3 Å². The predicted molar refractivity (Wildman–Crippen MR) is 61.3 cm³/mol. The Kier molecular flexibility index (Phi) is 2.62. The fraction of sp³-hybridized carbons (Fsp3) is 0.462. The third kappa shape index (κ3) is 1.56. The molecular formula is C13H16O3. The molecule has 1 aromatic rings. The summed E-state index contributed by atoms with van der Waals surface area (Å²) in [5.41, 5.74) is 1.78. The monoisotopic (exact) mass is 220 g/mol. The van der Waals surface area contributed by atoms with Gasteiger partial charge in [0.2, 0.25) is 0 Å². The molecule has 1 aliphatic rings. The summed E-state index contributed by atoms with van der Waals surface area (Å²) in [6.07, 6.45) is 2.92. The maximum Gasteiger partial charge on any atom is 0.163 e. The predicted octanol–water partition coefficient (Wildman–Crippen LogP) is 2.24. The van der Waals surface area contributed by atoms with Crippen LogP contribution in [0.1, 0.15) is 24.0 Å². The van der Waals surface area contributed by atoms with Crippen LogP contribution in [-0.2, 0) is 10.2 Å². The van der Waals surface area contributed by atoms with Gasteiger partial charge in [-0.05, 0) is 37.0 Å². The Morgan fingerprint density at radius 3 is 2.38 bits per heavy atom. The van der Waals surface area contributed by atoms with Gasteiger partial charge in [-0.25, -0.2) is 0 Å². The number of rotatable bonds is 4. The Balaban J connectivity index is 2.50. The van der Waals surface area contributed by atoms with Crippen LogP contribution in [0.4, 0.5) is 0 Å². The van der Waals surface area contributed by atoms with Gasteiger partial charge in [0.15, 0.2) is 11.5 Å². The van der Waals surface area contributed by atoms with Gasteiger partial charge in [0.25, 0.3) is 0 Å². The molecule has 86 valence electrons. The first-order chi connectivity index (χ1) is 7.66. The average Bonchev–Trinajstić information content (AvgIpc) is 3.08. The highest BCUT2D eigenvalue weighted by Gasteiger charge is 2.44. The molecule has 1 saturated carbocycles. The molecule has 16 heavy (non-hydrogen) atoms. The van der Waals surface area contributed by atoms with E-state index in [1.165, 1.54) is 0 Å². The fourth-order valence-corrected chi connectivity index (χ4v) is 2.05. The van der Waals surface area contributed by atoms with Gasteiger partial charge in [0.1, 0.15) is 6.29 Å². The van der Waals surface area contributed by atoms with E-state index in [0.717, 1.165) is 36.0 Å². The Morgan fingerprint density at radius 2 is 1.94 bits per heavy atom. The first-order valence-electron chi connectivity index (χ1n) is 5.36. The largest absolute Gasteiger partial charge is 0.493 e. The smallest absolute Gasteiger partial charge is 0.163 e. The molecule has 0 spiro atoms. The second-order valence-electron chi connectivity index (χ2n) is 4.30. The summed E-state index contributed by atoms with van der Waals surface area (Å²) in [5, 5.41) is 0. The van der Waals surface area contributed by atoms with Crippen molar-refractivity contribution in [2.75, 3.05) is 14.2 Å². The van der Waals surface area contributed by atoms with Gasteiger partial charge >= 0.3 is 0 Å². The van der Waals surface area contributed by atoms with Crippen LogP contribution in [0.5, 0.6) is 11.5 Å². The molecule has 3 nitrogen and oxygen atoms in total. The third-order valence-corrected chi connectivity index (χ3v) is 3.25. The van der Waals surface area contributed by atoms with Crippen LogP contribution in [-0.4, -0.2) is 20.5 Å². The van der Waals surface area contributed by atoms with E-state index < -0.39 is 0 Å². The maximum absolute atomic E-state index is 11.1. The second kappa shape index (κ2) is 3.81. The highest BCUT2D eigenvalue weighted by Crippen LogP contribution is 2.48. The zero-order valence-electron chi connectivity index (χ0n) is 9.87. The van der Waals surface area contributed by atoms with Crippen molar-refractivity contribution in [1.82, 2.24) is 0 Å². The van der Waals surface area contributed by atoms with Gasteiger partial charge in [0, 0.05) is 0 Å². The van der Waals surface area contributed by atoms with E-state index in [4.69, 9.17) is 9.47 Å². The second-order valence-corrected chi connectivity index (χ2v) is 4.30. The van der Waals surface area contributed by atoms with Crippen molar-refractivity contribution in [3.63, 3.8) is 0 Å². The molecular weight excluding hydrogens is 204 g/mol. The summed E-state index contributed by atoms with van der Waals surface area (Å²) < 4.78 is 10.6. The summed E-state index contributed by atoms with van der Waals surface area (Å²) in [6, 6.07) is 3.93. The Bertz CT molecular complexity index is 419. The minimum Gasteiger partial charge on any atom is -0.493 e. The summed E-state index contributed by atoms with van der Waals surface area (Å²) in [7, 11) is 3.23. The minimum absolute atomic E-state index is 0.260. The van der Waals surface area contributed by atoms with Gasteiger partial charge in [-0.3, -0.25) is 0 Å². The number of aryl methyl sites for hydroxylation is 1. The van der Waals surface area contributed by atoms with E-state index in [-0.39, 0.29) is 5.41 Å². The first kappa shape index (κ1) is 11.0. The molecule has 1 aromatic carbocycles. The normalized spacial score (nSPS) is 16.7. The molecule has 0 aliphatic heterocycles. The number of carbonyl (C=O) groups excluding carboxylic acids is 1. The molecule has 0 bridgehead atoms. The summed E-state index contributed by atoms with van der Waals surface area (Å²) in [4.78, 5) is 11.1. The van der Waals surface area contributed by atoms with Gasteiger partial charge < -0.3 is 14.3 Å². The Labute approximate surface area is 95.4 Å². The number of carbonyl (C=O) groups is 1. The lowest BCUT2D eigenvalue weighted by Crippen LogP contribution is -2.09. The van der Waals surface area contributed by atoms with Gasteiger partial charge in [-0.15, -0.1) is 0 Å². The molecule has 0 atom stereocenters. The van der Waals surface area contributed by atoms with E-state index in [9.17, 15) is 4.79 Å². The molecule has 0 aromatic heterocycles. The van der Waals surface area contributed by atoms with E-state index in [2.05, 4.69) is 0 Å². The molecule has 0 amide bonds. The van der Waals surface area contributed by atoms with E-state index in [0.29, 0.717) is 5.75 Å². The molecule has 1 aliphatic carbocycles. The molecule has 2 rings (SSSR count). The van der Waals surface area contributed by atoms with Crippen LogP contribution < -0.4 is 9.47 Å². The zero-order chi connectivity index (χ0) is 11.8. The van der Waals surface area contributed by atoms with Crippen molar-refractivity contribution in [2.24, 2.45) is 0 Å². The van der Waals surface area contributed by atoms with Crippen molar-refractivity contribution in [2.45, 2.75) is 25.2 Å². The van der Waals surface area contributed by atoms with Crippen LogP contribution in [0.15, 0.2) is 12.1 Å².